The molecule has 0 fully saturated rings. The van der Waals surface area contributed by atoms with Gasteiger partial charge in [0.05, 0.1) is 33.0 Å². The second kappa shape index (κ2) is 10.0. The van der Waals surface area contributed by atoms with Crippen LogP contribution in [0.3, 0.4) is 0 Å². The van der Waals surface area contributed by atoms with Crippen molar-refractivity contribution in [1.82, 2.24) is 19.6 Å². The molecule has 4 heterocycles. The van der Waals surface area contributed by atoms with Gasteiger partial charge in [-0.1, -0.05) is 65.6 Å². The van der Waals surface area contributed by atoms with Gasteiger partial charge >= 0.3 is 0 Å². The molecular formula is C25H24Cl2N6OS2. The fraction of sp³-hybridized carbons (Fsp3) is 0.400. The normalized spacial score (nSPS) is 20.4. The predicted molar refractivity (Wildman–Crippen MR) is 147 cm³/mol. The Kier molecular flexibility index (Phi) is 6.75. The Balaban J connectivity index is 1.22. The third-order valence-electron chi connectivity index (χ3n) is 6.80. The summed E-state index contributed by atoms with van der Waals surface area (Å²) in [6, 6.07) is 4.97. The van der Waals surface area contributed by atoms with Gasteiger partial charge in [0, 0.05) is 10.7 Å². The molecule has 0 bridgehead atoms. The van der Waals surface area contributed by atoms with E-state index in [1.54, 1.807) is 36.3 Å². The number of nitrogens with one attached hydrogen (secondary N) is 1. The van der Waals surface area contributed by atoms with Gasteiger partial charge in [-0.15, -0.1) is 10.2 Å². The highest BCUT2D eigenvalue weighted by molar-refractivity contribution is 8.00. The zero-order chi connectivity index (χ0) is 24.8. The molecule has 0 spiro atoms. The van der Waals surface area contributed by atoms with E-state index in [4.69, 9.17) is 33.2 Å². The van der Waals surface area contributed by atoms with Crippen LogP contribution in [-0.2, 0) is 4.79 Å². The average Bonchev–Trinajstić information content (AvgIpc) is 3.59. The van der Waals surface area contributed by atoms with Gasteiger partial charge in [0.25, 0.3) is 0 Å². The van der Waals surface area contributed by atoms with Gasteiger partial charge in [-0.3, -0.25) is 14.2 Å². The summed E-state index contributed by atoms with van der Waals surface area (Å²) in [4.78, 5) is 23.7. The Morgan fingerprint density at radius 3 is 3.00 bits per heavy atom. The van der Waals surface area contributed by atoms with E-state index in [0.29, 0.717) is 20.9 Å². The maximum atomic E-state index is 12.5. The average molecular weight is 560 g/mol. The van der Waals surface area contributed by atoms with Crippen molar-refractivity contribution in [3.05, 3.63) is 51.4 Å². The van der Waals surface area contributed by atoms with Crippen LogP contribution in [0.4, 0.5) is 5.69 Å². The number of rotatable bonds is 7. The largest absolute Gasteiger partial charge is 0.324 e. The van der Waals surface area contributed by atoms with Crippen LogP contribution in [0.5, 0.6) is 0 Å². The summed E-state index contributed by atoms with van der Waals surface area (Å²) in [5.74, 6) is 0.210. The number of hydrogen-bond donors (Lipinski definition) is 1. The number of thioether (sulfide) groups is 2. The highest BCUT2D eigenvalue weighted by Gasteiger charge is 2.44. The van der Waals surface area contributed by atoms with Crippen LogP contribution in [0, 0.1) is 0 Å². The van der Waals surface area contributed by atoms with Gasteiger partial charge in [0.1, 0.15) is 11.7 Å². The molecule has 1 aliphatic carbocycles. The fourth-order valence-electron chi connectivity index (χ4n) is 5.16. The number of halogens is 2. The Morgan fingerprint density at radius 2 is 2.17 bits per heavy atom. The topological polar surface area (TPSA) is 84.5 Å². The van der Waals surface area contributed by atoms with Crippen LogP contribution in [0.2, 0.25) is 10.0 Å². The summed E-state index contributed by atoms with van der Waals surface area (Å²) in [6.07, 6.45) is 8.68. The highest BCUT2D eigenvalue weighted by atomic mass is 35.5. The number of nitrogens with zero attached hydrogens (tertiary/aromatic N) is 5. The zero-order valence-electron chi connectivity index (χ0n) is 19.6. The second-order valence-corrected chi connectivity index (χ2v) is 12.0. The Morgan fingerprint density at radius 1 is 1.28 bits per heavy atom. The maximum Gasteiger partial charge on any atom is 0.234 e. The van der Waals surface area contributed by atoms with Gasteiger partial charge in [-0.2, -0.15) is 0 Å². The maximum absolute atomic E-state index is 12.5. The summed E-state index contributed by atoms with van der Waals surface area (Å²) in [6.45, 7) is 2.23. The lowest BCUT2D eigenvalue weighted by atomic mass is 9.87. The highest BCUT2D eigenvalue weighted by Crippen LogP contribution is 2.55. The number of anilines is 1. The molecule has 3 aliphatic rings. The summed E-state index contributed by atoms with van der Waals surface area (Å²) >= 11 is 15.2. The van der Waals surface area contributed by atoms with Gasteiger partial charge in [-0.25, -0.2) is 4.98 Å². The van der Waals surface area contributed by atoms with E-state index >= 15 is 0 Å². The predicted octanol–water partition coefficient (Wildman–Crippen LogP) is 6.80. The number of aromatic nitrogens is 4. The molecule has 186 valence electrons. The van der Waals surface area contributed by atoms with Crippen molar-refractivity contribution in [2.45, 2.75) is 66.8 Å². The monoisotopic (exact) mass is 558 g/mol. The first kappa shape index (κ1) is 24.3. The Hall–Kier alpha value is -2.07. The standard InChI is InChI=1S/C25H24Cl2N6OS2/c1-2-3-7-17-14-5-4-6-15(14)20-21-22(36-24(20)30-17)23-31-32-25(33(23)12-28-21)35-11-19(34)29-18-9-8-13(26)10-16(18)27/h8-10,12,20,24H,2-7,11H2,1H3,(H,29,34)/t20-,24-/m1/s1. The zero-order valence-corrected chi connectivity index (χ0v) is 22.8. The van der Waals surface area contributed by atoms with E-state index in [2.05, 4.69) is 22.4 Å². The van der Waals surface area contributed by atoms with Crippen molar-refractivity contribution in [3.8, 4) is 0 Å². The van der Waals surface area contributed by atoms with Gasteiger partial charge in [0.15, 0.2) is 10.8 Å². The summed E-state index contributed by atoms with van der Waals surface area (Å²) in [7, 11) is 0. The molecule has 0 saturated carbocycles. The summed E-state index contributed by atoms with van der Waals surface area (Å²) in [5.41, 5.74) is 6.72. The SMILES string of the molecule is CCCCC1=N[C@@H]2Sc3c(ncn4c(SCC(=O)Nc5ccc(Cl)cc5Cl)nnc34)[C@H]2C2=C1CCC2. The van der Waals surface area contributed by atoms with Crippen molar-refractivity contribution in [1.29, 1.82) is 0 Å². The lowest BCUT2D eigenvalue weighted by molar-refractivity contribution is -0.113. The number of carbonyl (C=O) groups is 1. The lowest BCUT2D eigenvalue weighted by Crippen LogP contribution is -2.21. The third-order valence-corrected chi connectivity index (χ3v) is 9.54. The van der Waals surface area contributed by atoms with E-state index in [9.17, 15) is 4.79 Å². The molecule has 36 heavy (non-hydrogen) atoms. The molecule has 11 heteroatoms. The number of amides is 1. The molecule has 2 aromatic heterocycles. The van der Waals surface area contributed by atoms with Crippen molar-refractivity contribution in [3.63, 3.8) is 0 Å². The van der Waals surface area contributed by atoms with Crippen molar-refractivity contribution in [2.75, 3.05) is 11.1 Å². The summed E-state index contributed by atoms with van der Waals surface area (Å²) < 4.78 is 1.88. The minimum absolute atomic E-state index is 0.130. The smallest absolute Gasteiger partial charge is 0.234 e. The molecule has 0 radical (unpaired) electrons. The number of unbranched alkanes of at least 4 members (excludes halogenated alkanes) is 1. The van der Waals surface area contributed by atoms with Crippen molar-refractivity contribution < 1.29 is 4.79 Å². The molecule has 2 aliphatic heterocycles. The van der Waals surface area contributed by atoms with Crippen LogP contribution >= 0.6 is 46.7 Å². The quantitative estimate of drug-likeness (QED) is 0.321. The molecule has 1 amide bonds. The summed E-state index contributed by atoms with van der Waals surface area (Å²) in [5, 5.41) is 13.3. The van der Waals surface area contributed by atoms with E-state index in [1.165, 1.54) is 47.9 Å². The molecule has 6 rings (SSSR count). The number of carbonyl (C=O) groups excluding carboxylic acids is 1. The fourth-order valence-corrected chi connectivity index (χ4v) is 7.72. The number of fused-ring (bicyclic) bond motifs is 6. The molecule has 2 atom stereocenters. The second-order valence-electron chi connectivity index (χ2n) is 9.12. The first-order valence-corrected chi connectivity index (χ1v) is 14.7. The molecule has 7 nitrogen and oxygen atoms in total. The minimum atomic E-state index is -0.190. The van der Waals surface area contributed by atoms with Crippen LogP contribution in [0.15, 0.2) is 50.7 Å². The third kappa shape index (κ3) is 4.34. The molecular weight excluding hydrogens is 535 g/mol. The number of benzene rings is 1. The molecule has 0 saturated heterocycles. The van der Waals surface area contributed by atoms with Crippen molar-refractivity contribution in [2.24, 2.45) is 4.99 Å². The molecule has 1 N–H and O–H groups in total. The van der Waals surface area contributed by atoms with Crippen LogP contribution < -0.4 is 5.32 Å². The number of dihydropyridines is 1. The Bertz CT molecular complexity index is 1440. The van der Waals surface area contributed by atoms with Gasteiger partial charge in [-0.05, 0) is 55.9 Å². The van der Waals surface area contributed by atoms with E-state index in [0.717, 1.165) is 35.5 Å². The minimum Gasteiger partial charge on any atom is -0.324 e. The van der Waals surface area contributed by atoms with Gasteiger partial charge in [0.2, 0.25) is 5.91 Å². The van der Waals surface area contributed by atoms with Gasteiger partial charge < -0.3 is 5.32 Å². The number of hydrogen-bond acceptors (Lipinski definition) is 7. The van der Waals surface area contributed by atoms with Crippen LogP contribution in [0.1, 0.15) is 57.1 Å². The molecule has 0 unspecified atom stereocenters. The molecule has 3 aromatic rings. The molecule has 1 aromatic carbocycles. The van der Waals surface area contributed by atoms with Crippen LogP contribution in [-0.4, -0.2) is 42.3 Å². The van der Waals surface area contributed by atoms with Crippen molar-refractivity contribution >= 4 is 69.7 Å². The van der Waals surface area contributed by atoms with Crippen LogP contribution in [0.25, 0.3) is 5.65 Å². The Labute approximate surface area is 227 Å². The first-order chi connectivity index (χ1) is 17.5. The number of allylic oxidation sites excluding steroid dienone is 1. The van der Waals surface area contributed by atoms with E-state index in [1.807, 2.05) is 4.40 Å². The lowest BCUT2D eigenvalue weighted by Gasteiger charge is -2.26. The van der Waals surface area contributed by atoms with E-state index in [-0.39, 0.29) is 23.0 Å². The number of aliphatic imine (C=N–C) groups is 1. The van der Waals surface area contributed by atoms with E-state index < -0.39 is 0 Å². The first-order valence-electron chi connectivity index (χ1n) is 12.1.